The van der Waals surface area contributed by atoms with Crippen LogP contribution in [0.3, 0.4) is 0 Å². The number of allylic oxidation sites excluding steroid dienone is 1. The van der Waals surface area contributed by atoms with E-state index >= 15 is 0 Å². The van der Waals surface area contributed by atoms with Crippen molar-refractivity contribution in [2.24, 2.45) is 0 Å². The quantitative estimate of drug-likeness (QED) is 0.195. The fraction of sp³-hybridized carbons (Fsp3) is 0.120. The molecule has 5 nitrogen and oxygen atoms in total. The molecule has 156 valence electrons. The molecule has 0 radical (unpaired) electrons. The van der Waals surface area contributed by atoms with Crippen molar-refractivity contribution in [2.45, 2.75) is 6.92 Å². The highest BCUT2D eigenvalue weighted by atomic mass is 35.5. The van der Waals surface area contributed by atoms with Gasteiger partial charge >= 0.3 is 5.97 Å². The van der Waals surface area contributed by atoms with Crippen LogP contribution in [0.5, 0.6) is 17.2 Å². The van der Waals surface area contributed by atoms with Crippen molar-refractivity contribution >= 4 is 29.2 Å². The molecule has 3 rings (SSSR count). The first kappa shape index (κ1) is 21.9. The SMILES string of the molecule is CCOc1ccc(OCC(=O)Oc2ccc(/C=C(/C#N)c3ccc(Cl)cc3)cc2)cc1. The number of benzene rings is 3. The highest BCUT2D eigenvalue weighted by molar-refractivity contribution is 6.30. The standard InChI is InChI=1S/C25H20ClNO4/c1-2-29-22-11-13-23(14-12-22)30-17-25(28)31-24-9-3-18(4-10-24)15-20(16-27)19-5-7-21(26)8-6-19/h3-15H,2,17H2,1H3/b20-15-. The Balaban J connectivity index is 1.56. The summed E-state index contributed by atoms with van der Waals surface area (Å²) in [5.41, 5.74) is 2.08. The van der Waals surface area contributed by atoms with Crippen LogP contribution in [0.1, 0.15) is 18.1 Å². The first-order valence-corrected chi connectivity index (χ1v) is 9.99. The number of carbonyl (C=O) groups excluding carboxylic acids is 1. The second-order valence-electron chi connectivity index (χ2n) is 6.41. The Bertz CT molecular complexity index is 1080. The molecular formula is C25H20ClNO4. The number of esters is 1. The van der Waals surface area contributed by atoms with Gasteiger partial charge in [-0.1, -0.05) is 35.9 Å². The van der Waals surface area contributed by atoms with Crippen LogP contribution in [0.2, 0.25) is 5.02 Å². The van der Waals surface area contributed by atoms with Crippen molar-refractivity contribution in [3.8, 4) is 23.3 Å². The maximum atomic E-state index is 12.0. The van der Waals surface area contributed by atoms with Crippen LogP contribution >= 0.6 is 11.6 Å². The number of carbonyl (C=O) groups is 1. The molecule has 0 N–H and O–H groups in total. The summed E-state index contributed by atoms with van der Waals surface area (Å²) in [7, 11) is 0. The summed E-state index contributed by atoms with van der Waals surface area (Å²) < 4.78 is 16.1. The number of ether oxygens (including phenoxy) is 3. The second-order valence-corrected chi connectivity index (χ2v) is 6.85. The van der Waals surface area contributed by atoms with Gasteiger partial charge in [-0.25, -0.2) is 4.79 Å². The van der Waals surface area contributed by atoms with E-state index in [0.717, 1.165) is 16.9 Å². The Morgan fingerprint density at radius 2 is 1.48 bits per heavy atom. The molecule has 3 aromatic carbocycles. The number of hydrogen-bond acceptors (Lipinski definition) is 5. The predicted molar refractivity (Wildman–Crippen MR) is 120 cm³/mol. The number of hydrogen-bond donors (Lipinski definition) is 0. The zero-order valence-corrected chi connectivity index (χ0v) is 17.6. The summed E-state index contributed by atoms with van der Waals surface area (Å²) in [5.74, 6) is 1.16. The minimum atomic E-state index is -0.518. The molecule has 0 aliphatic heterocycles. The molecule has 0 heterocycles. The lowest BCUT2D eigenvalue weighted by Gasteiger charge is -2.08. The summed E-state index contributed by atoms with van der Waals surface area (Å²) in [6.45, 7) is 2.27. The lowest BCUT2D eigenvalue weighted by atomic mass is 10.0. The number of halogens is 1. The summed E-state index contributed by atoms with van der Waals surface area (Å²) in [4.78, 5) is 12.0. The van der Waals surface area contributed by atoms with Gasteiger partial charge in [0.15, 0.2) is 6.61 Å². The average Bonchev–Trinajstić information content (AvgIpc) is 2.79. The minimum absolute atomic E-state index is 0.217. The van der Waals surface area contributed by atoms with E-state index in [9.17, 15) is 10.1 Å². The molecule has 0 amide bonds. The van der Waals surface area contributed by atoms with Gasteiger partial charge in [-0.3, -0.25) is 0 Å². The zero-order valence-electron chi connectivity index (χ0n) is 16.9. The van der Waals surface area contributed by atoms with Crippen LogP contribution in [-0.2, 0) is 4.79 Å². The van der Waals surface area contributed by atoms with Crippen LogP contribution in [0.15, 0.2) is 72.8 Å². The van der Waals surface area contributed by atoms with Gasteiger partial charge in [0.1, 0.15) is 17.2 Å². The third-order valence-corrected chi connectivity index (χ3v) is 4.44. The molecule has 31 heavy (non-hydrogen) atoms. The monoisotopic (exact) mass is 433 g/mol. The Morgan fingerprint density at radius 1 is 0.903 bits per heavy atom. The summed E-state index contributed by atoms with van der Waals surface area (Å²) in [5, 5.41) is 10.0. The van der Waals surface area contributed by atoms with Crippen molar-refractivity contribution in [1.82, 2.24) is 0 Å². The highest BCUT2D eigenvalue weighted by Crippen LogP contribution is 2.22. The van der Waals surface area contributed by atoms with Crippen molar-refractivity contribution in [3.05, 3.63) is 88.9 Å². The van der Waals surface area contributed by atoms with E-state index in [-0.39, 0.29) is 6.61 Å². The van der Waals surface area contributed by atoms with E-state index in [1.807, 2.05) is 6.92 Å². The van der Waals surface area contributed by atoms with E-state index < -0.39 is 5.97 Å². The van der Waals surface area contributed by atoms with Crippen molar-refractivity contribution in [3.63, 3.8) is 0 Å². The van der Waals surface area contributed by atoms with Gasteiger partial charge in [-0.05, 0) is 72.7 Å². The fourth-order valence-corrected chi connectivity index (χ4v) is 2.84. The minimum Gasteiger partial charge on any atom is -0.494 e. The molecule has 0 fully saturated rings. The Labute approximate surface area is 186 Å². The van der Waals surface area contributed by atoms with Crippen LogP contribution in [0.4, 0.5) is 0 Å². The van der Waals surface area contributed by atoms with Crippen molar-refractivity contribution < 1.29 is 19.0 Å². The molecule has 0 saturated carbocycles. The molecular weight excluding hydrogens is 414 g/mol. The van der Waals surface area contributed by atoms with Crippen LogP contribution in [0, 0.1) is 11.3 Å². The summed E-state index contributed by atoms with van der Waals surface area (Å²) >= 11 is 5.90. The summed E-state index contributed by atoms with van der Waals surface area (Å²) in [6, 6.07) is 23.1. The summed E-state index contributed by atoms with van der Waals surface area (Å²) in [6.07, 6.45) is 1.75. The third kappa shape index (κ3) is 6.63. The Hall–Kier alpha value is -3.75. The Morgan fingerprint density at radius 3 is 2.06 bits per heavy atom. The van der Waals surface area contributed by atoms with Gasteiger partial charge in [0, 0.05) is 5.02 Å². The molecule has 3 aromatic rings. The molecule has 0 bridgehead atoms. The van der Waals surface area contributed by atoms with Gasteiger partial charge < -0.3 is 14.2 Å². The number of nitrogens with zero attached hydrogens (tertiary/aromatic N) is 1. The van der Waals surface area contributed by atoms with E-state index in [2.05, 4.69) is 6.07 Å². The lowest BCUT2D eigenvalue weighted by molar-refractivity contribution is -0.136. The molecule has 0 aliphatic carbocycles. The maximum absolute atomic E-state index is 12.0. The highest BCUT2D eigenvalue weighted by Gasteiger charge is 2.07. The van der Waals surface area contributed by atoms with Crippen LogP contribution in [-0.4, -0.2) is 19.2 Å². The molecule has 6 heteroatoms. The van der Waals surface area contributed by atoms with E-state index in [1.165, 1.54) is 0 Å². The first-order valence-electron chi connectivity index (χ1n) is 9.61. The zero-order chi connectivity index (χ0) is 22.1. The topological polar surface area (TPSA) is 68.6 Å². The van der Waals surface area contributed by atoms with E-state index in [4.69, 9.17) is 25.8 Å². The van der Waals surface area contributed by atoms with Crippen LogP contribution < -0.4 is 14.2 Å². The van der Waals surface area contributed by atoms with Crippen LogP contribution in [0.25, 0.3) is 11.6 Å². The van der Waals surface area contributed by atoms with Crippen molar-refractivity contribution in [1.29, 1.82) is 5.26 Å². The molecule has 0 aliphatic rings. The maximum Gasteiger partial charge on any atom is 0.349 e. The number of rotatable bonds is 8. The fourth-order valence-electron chi connectivity index (χ4n) is 2.71. The first-order chi connectivity index (χ1) is 15.1. The Kier molecular flexibility index (Phi) is 7.69. The van der Waals surface area contributed by atoms with Gasteiger partial charge in [-0.15, -0.1) is 0 Å². The van der Waals surface area contributed by atoms with E-state index in [0.29, 0.717) is 28.7 Å². The third-order valence-electron chi connectivity index (χ3n) is 4.19. The molecule has 0 spiro atoms. The lowest BCUT2D eigenvalue weighted by Crippen LogP contribution is -2.17. The number of nitriles is 1. The second kappa shape index (κ2) is 10.9. The van der Waals surface area contributed by atoms with E-state index in [1.54, 1.807) is 78.9 Å². The normalized spacial score (nSPS) is 10.8. The molecule has 0 saturated heterocycles. The van der Waals surface area contributed by atoms with Gasteiger partial charge in [0.2, 0.25) is 0 Å². The average molecular weight is 434 g/mol. The predicted octanol–water partition coefficient (Wildman–Crippen LogP) is 5.79. The smallest absolute Gasteiger partial charge is 0.349 e. The largest absolute Gasteiger partial charge is 0.494 e. The molecule has 0 unspecified atom stereocenters. The van der Waals surface area contributed by atoms with Gasteiger partial charge in [0.05, 0.1) is 18.2 Å². The van der Waals surface area contributed by atoms with Gasteiger partial charge in [-0.2, -0.15) is 5.26 Å². The van der Waals surface area contributed by atoms with Gasteiger partial charge in [0.25, 0.3) is 0 Å². The molecule has 0 atom stereocenters. The molecule has 0 aromatic heterocycles. The van der Waals surface area contributed by atoms with Crippen molar-refractivity contribution in [2.75, 3.05) is 13.2 Å².